The monoisotopic (exact) mass is 785 g/mol. The van der Waals surface area contributed by atoms with Crippen LogP contribution >= 0.6 is 0 Å². The molecule has 15 heteroatoms. The first-order chi connectivity index (χ1) is 23.2. The predicted octanol–water partition coefficient (Wildman–Crippen LogP) is 3.39. The van der Waals surface area contributed by atoms with Crippen LogP contribution in [0.25, 0.3) is 0 Å². The minimum atomic E-state index is -0.871. The number of amides is 7. The van der Waals surface area contributed by atoms with Crippen molar-refractivity contribution < 1.29 is 71.0 Å². The van der Waals surface area contributed by atoms with Crippen LogP contribution in [-0.2, 0) is 79.2 Å². The van der Waals surface area contributed by atoms with Crippen molar-refractivity contribution >= 4 is 53.9 Å². The molecule has 2 aromatic rings. The van der Waals surface area contributed by atoms with Gasteiger partial charge < -0.3 is 44.0 Å². The number of carbonyl (C=O) groups is 6. The first-order valence-corrected chi connectivity index (χ1v) is 16.1. The molecule has 2 aromatic carbocycles. The zero-order valence-corrected chi connectivity index (χ0v) is 33.5. The van der Waals surface area contributed by atoms with Gasteiger partial charge in [0.25, 0.3) is 0 Å². The maximum atomic E-state index is 12.8. The van der Waals surface area contributed by atoms with Crippen molar-refractivity contribution in [2.45, 2.75) is 73.5 Å². The smallest absolute Gasteiger partial charge is 0.312 e. The maximum Gasteiger partial charge on any atom is 0.312 e. The van der Waals surface area contributed by atoms with Crippen LogP contribution in [0.5, 0.6) is 0 Å². The summed E-state index contributed by atoms with van der Waals surface area (Å²) >= 11 is 0. The Morgan fingerprint density at radius 1 is 0.882 bits per heavy atom. The summed E-state index contributed by atoms with van der Waals surface area (Å²) in [5.41, 5.74) is 7.00. The molecule has 0 aromatic heterocycles. The van der Waals surface area contributed by atoms with Gasteiger partial charge in [0.05, 0.1) is 25.3 Å². The summed E-state index contributed by atoms with van der Waals surface area (Å²) in [7, 11) is 0. The zero-order chi connectivity index (χ0) is 36.9. The van der Waals surface area contributed by atoms with E-state index in [2.05, 4.69) is 26.0 Å². The first kappa shape index (κ1) is 48.9. The standard InChI is InChI=1S/C31H39N4O7.C4H10N2O.CH3.Y/c1-20(2)22(5)14-29(40)35(18-36)26-12-8-23(9-13-26)15-27(38)34-30(21(3)4)31(41)32-16-28(39)33-25-10-6-24(7-11-25)17-42-19-37;1-2-3-6-4(5)7;;/h6-13,18,20-22,30H,14-17H2,1-5H3,(H,32,41)(H,33,39)(H,34,38);2-3H2,1H3,(H3,5,6,7);1H3;/q-1;;-1;. The topological polar surface area (TPSA) is 206 Å². The molecule has 0 saturated carbocycles. The number of hydrogen-bond acceptors (Lipinski definition) is 8. The van der Waals surface area contributed by atoms with Gasteiger partial charge in [-0.3, -0.25) is 28.9 Å². The summed E-state index contributed by atoms with van der Waals surface area (Å²) in [5, 5.41) is 10.4. The number of imide groups is 1. The molecular formula is C36H52N6O8Y-2. The Kier molecular flexibility index (Phi) is 25.5. The SMILES string of the molecule is CC(C)C(C)CC(=O)N(C=O)c1ccc(CC(=O)NC(C(=O)NCC(=O)Nc2ccc(CO[C-]=O)cc2)C(C)C)cc1.CCCNC(N)=O.[CH3-].[Y]. The summed E-state index contributed by atoms with van der Waals surface area (Å²) in [5.74, 6) is -1.48. The second kappa shape index (κ2) is 26.6. The van der Waals surface area contributed by atoms with Crippen LogP contribution in [-0.4, -0.2) is 61.7 Å². The Bertz CT molecular complexity index is 1390. The molecule has 14 nitrogen and oxygen atoms in total. The van der Waals surface area contributed by atoms with Gasteiger partial charge in [0.1, 0.15) is 6.04 Å². The molecule has 6 N–H and O–H groups in total. The number of anilines is 2. The van der Waals surface area contributed by atoms with Gasteiger partial charge in [-0.1, -0.05) is 72.3 Å². The molecule has 0 aliphatic rings. The molecule has 1 radical (unpaired) electrons. The van der Waals surface area contributed by atoms with E-state index in [-0.39, 0.29) is 83.9 Å². The van der Waals surface area contributed by atoms with Gasteiger partial charge in [0, 0.05) is 51.4 Å². The average Bonchev–Trinajstić information content (AvgIpc) is 3.06. The van der Waals surface area contributed by atoms with E-state index in [4.69, 9.17) is 5.73 Å². The van der Waals surface area contributed by atoms with E-state index in [9.17, 15) is 33.6 Å². The van der Waals surface area contributed by atoms with Gasteiger partial charge in [-0.2, -0.15) is 0 Å². The normalized spacial score (nSPS) is 11.1. The van der Waals surface area contributed by atoms with Gasteiger partial charge in [-0.15, -0.1) is 0 Å². The number of rotatable bonds is 18. The van der Waals surface area contributed by atoms with Crippen molar-refractivity contribution in [1.82, 2.24) is 16.0 Å². The van der Waals surface area contributed by atoms with E-state index in [0.717, 1.165) is 16.9 Å². The molecule has 2 atom stereocenters. The van der Waals surface area contributed by atoms with Gasteiger partial charge in [-0.25, -0.2) is 4.79 Å². The molecule has 0 heterocycles. The van der Waals surface area contributed by atoms with Crippen molar-refractivity contribution in [2.24, 2.45) is 23.5 Å². The number of benzene rings is 2. The third-order valence-corrected chi connectivity index (χ3v) is 7.36. The number of carbonyl (C=O) groups excluding carboxylic acids is 7. The van der Waals surface area contributed by atoms with E-state index in [1.807, 2.05) is 27.7 Å². The second-order valence-corrected chi connectivity index (χ2v) is 12.1. The minimum absolute atomic E-state index is 0. The van der Waals surface area contributed by atoms with Crippen LogP contribution in [0.4, 0.5) is 16.2 Å². The summed E-state index contributed by atoms with van der Waals surface area (Å²) in [6.45, 7) is 13.3. The number of nitrogens with two attached hydrogens (primary N) is 1. The Labute approximate surface area is 326 Å². The number of nitrogens with zero attached hydrogens (tertiary/aromatic N) is 1. The predicted molar refractivity (Wildman–Crippen MR) is 192 cm³/mol. The van der Waals surface area contributed by atoms with Gasteiger partial charge in [-0.05, 0) is 59.6 Å². The van der Waals surface area contributed by atoms with Crippen molar-refractivity contribution in [3.8, 4) is 0 Å². The van der Waals surface area contributed by atoms with Crippen LogP contribution in [0.2, 0.25) is 0 Å². The molecule has 7 amide bonds. The maximum absolute atomic E-state index is 12.8. The average molecular weight is 786 g/mol. The Hall–Kier alpha value is -4.17. The molecule has 0 spiro atoms. The Morgan fingerprint density at radius 3 is 1.94 bits per heavy atom. The fourth-order valence-electron chi connectivity index (χ4n) is 4.12. The van der Waals surface area contributed by atoms with Crippen molar-refractivity contribution in [1.29, 1.82) is 0 Å². The fraction of sp³-hybridized carbons (Fsp3) is 0.444. The van der Waals surface area contributed by atoms with Crippen LogP contribution in [0, 0.1) is 25.2 Å². The van der Waals surface area contributed by atoms with E-state index in [1.54, 1.807) is 62.4 Å². The molecule has 0 fully saturated rings. The van der Waals surface area contributed by atoms with E-state index in [0.29, 0.717) is 35.8 Å². The summed E-state index contributed by atoms with van der Waals surface area (Å²) in [6.07, 6.45) is 1.64. The summed E-state index contributed by atoms with van der Waals surface area (Å²) in [6, 6.07) is 11.8. The molecule has 51 heavy (non-hydrogen) atoms. The molecule has 0 aliphatic heterocycles. The third-order valence-electron chi connectivity index (χ3n) is 7.36. The quantitative estimate of drug-likeness (QED) is 0.112. The molecule has 0 saturated heterocycles. The molecule has 2 rings (SSSR count). The van der Waals surface area contributed by atoms with Crippen molar-refractivity contribution in [3.63, 3.8) is 0 Å². The number of hydrogen-bond donors (Lipinski definition) is 5. The number of primary amides is 1. The van der Waals surface area contributed by atoms with E-state index < -0.39 is 29.8 Å². The first-order valence-electron chi connectivity index (χ1n) is 16.1. The van der Waals surface area contributed by atoms with Gasteiger partial charge in [0.15, 0.2) is 0 Å². The van der Waals surface area contributed by atoms with Crippen LogP contribution in [0.15, 0.2) is 48.5 Å². The Morgan fingerprint density at radius 2 is 1.47 bits per heavy atom. The van der Waals surface area contributed by atoms with Crippen molar-refractivity contribution in [2.75, 3.05) is 23.3 Å². The second-order valence-electron chi connectivity index (χ2n) is 12.1. The van der Waals surface area contributed by atoms with Gasteiger partial charge in [0.2, 0.25) is 30.0 Å². The number of urea groups is 1. The van der Waals surface area contributed by atoms with Crippen LogP contribution in [0.1, 0.15) is 65.5 Å². The largest absolute Gasteiger partial charge is 0.650 e. The molecular weight excluding hydrogens is 733 g/mol. The minimum Gasteiger partial charge on any atom is -0.650 e. The summed E-state index contributed by atoms with van der Waals surface area (Å²) < 4.78 is 4.55. The van der Waals surface area contributed by atoms with Crippen LogP contribution < -0.4 is 31.9 Å². The van der Waals surface area contributed by atoms with E-state index in [1.165, 1.54) is 6.47 Å². The number of ether oxygens (including phenoxy) is 1. The Balaban J connectivity index is 0. The van der Waals surface area contributed by atoms with Crippen LogP contribution in [0.3, 0.4) is 0 Å². The summed E-state index contributed by atoms with van der Waals surface area (Å²) in [4.78, 5) is 83.1. The zero-order valence-electron chi connectivity index (χ0n) is 30.6. The molecule has 0 bridgehead atoms. The third kappa shape index (κ3) is 19.7. The number of nitrogens with one attached hydrogen (secondary N) is 4. The fourth-order valence-corrected chi connectivity index (χ4v) is 4.12. The van der Waals surface area contributed by atoms with E-state index >= 15 is 0 Å². The van der Waals surface area contributed by atoms with Gasteiger partial charge >= 0.3 is 6.03 Å². The van der Waals surface area contributed by atoms with Crippen molar-refractivity contribution in [3.05, 3.63) is 67.1 Å². The molecule has 2 unspecified atom stereocenters. The molecule has 0 aliphatic carbocycles. The molecule has 279 valence electrons.